The van der Waals surface area contributed by atoms with Gasteiger partial charge in [0.05, 0.1) is 18.2 Å². The van der Waals surface area contributed by atoms with Gasteiger partial charge in [-0.15, -0.1) is 0 Å². The highest BCUT2D eigenvalue weighted by molar-refractivity contribution is 7.87. The molecular weight excluding hydrogens is 562 g/mol. The summed E-state index contributed by atoms with van der Waals surface area (Å²) >= 11 is 0. The maximum absolute atomic E-state index is 12.7. The number of carboxylic acids is 1. The van der Waals surface area contributed by atoms with Crippen LogP contribution in [0.25, 0.3) is 0 Å². The second kappa shape index (κ2) is 15.2. The van der Waals surface area contributed by atoms with E-state index in [9.17, 15) is 23.1 Å². The second-order valence-electron chi connectivity index (χ2n) is 9.76. The van der Waals surface area contributed by atoms with Gasteiger partial charge in [0, 0.05) is 50.1 Å². The molecule has 2 aromatic carbocycles. The Morgan fingerprint density at radius 1 is 1.02 bits per heavy atom. The van der Waals surface area contributed by atoms with Gasteiger partial charge in [0.1, 0.15) is 24.9 Å². The van der Waals surface area contributed by atoms with Crippen LogP contribution in [0.5, 0.6) is 5.75 Å². The molecular formula is C29H35N5O7S. The van der Waals surface area contributed by atoms with Gasteiger partial charge in [-0.2, -0.15) is 22.7 Å². The van der Waals surface area contributed by atoms with Crippen molar-refractivity contribution in [3.63, 3.8) is 0 Å². The van der Waals surface area contributed by atoms with E-state index in [0.29, 0.717) is 31.0 Å². The first-order valence-corrected chi connectivity index (χ1v) is 14.8. The molecule has 224 valence electrons. The predicted octanol–water partition coefficient (Wildman–Crippen LogP) is 1.43. The van der Waals surface area contributed by atoms with Crippen LogP contribution < -0.4 is 19.7 Å². The maximum Gasteiger partial charge on any atom is 0.322 e. The summed E-state index contributed by atoms with van der Waals surface area (Å²) in [7, 11) is -2.39. The molecule has 1 heterocycles. The van der Waals surface area contributed by atoms with Crippen LogP contribution in [0.3, 0.4) is 0 Å². The van der Waals surface area contributed by atoms with Crippen molar-refractivity contribution in [2.45, 2.75) is 19.9 Å². The Kier molecular flexibility index (Phi) is 11.7. The number of methoxy groups -OCH3 is 1. The molecule has 0 bridgehead atoms. The summed E-state index contributed by atoms with van der Waals surface area (Å²) < 4.78 is 39.7. The SMILES string of the molecule is COCCOc1ccc(C#Cc2ccc(N3CCN(S(=O)(=O)NC(C(=O)O)C(C)C)CC3)cc2)cc1C(=O)NCC#N. The number of anilines is 1. The third-order valence-corrected chi connectivity index (χ3v) is 8.06. The molecule has 13 heteroatoms. The molecule has 0 radical (unpaired) electrons. The predicted molar refractivity (Wildman–Crippen MR) is 156 cm³/mol. The highest BCUT2D eigenvalue weighted by atomic mass is 32.2. The van der Waals surface area contributed by atoms with Gasteiger partial charge in [-0.3, -0.25) is 9.59 Å². The number of nitriles is 1. The highest BCUT2D eigenvalue weighted by Gasteiger charge is 2.33. The first-order valence-electron chi connectivity index (χ1n) is 13.3. The van der Waals surface area contributed by atoms with Crippen LogP contribution in [-0.2, 0) is 19.7 Å². The lowest BCUT2D eigenvalue weighted by Gasteiger charge is -2.36. The Labute approximate surface area is 246 Å². The summed E-state index contributed by atoms with van der Waals surface area (Å²) in [5.74, 6) is 4.45. The van der Waals surface area contributed by atoms with Gasteiger partial charge in [0.15, 0.2) is 0 Å². The molecule has 1 amide bonds. The van der Waals surface area contributed by atoms with E-state index in [2.05, 4.69) is 26.8 Å². The van der Waals surface area contributed by atoms with Crippen molar-refractivity contribution in [1.82, 2.24) is 14.3 Å². The zero-order chi connectivity index (χ0) is 30.7. The van der Waals surface area contributed by atoms with Crippen LogP contribution in [0, 0.1) is 29.1 Å². The maximum atomic E-state index is 12.7. The fourth-order valence-electron chi connectivity index (χ4n) is 4.15. The van der Waals surface area contributed by atoms with Crippen LogP contribution in [0.1, 0.15) is 35.3 Å². The minimum atomic E-state index is -3.94. The van der Waals surface area contributed by atoms with Crippen LogP contribution >= 0.6 is 0 Å². The zero-order valence-corrected chi connectivity index (χ0v) is 24.6. The molecule has 3 N–H and O–H groups in total. The van der Waals surface area contributed by atoms with Crippen LogP contribution in [0.4, 0.5) is 5.69 Å². The number of carbonyl (C=O) groups is 2. The number of ether oxygens (including phenoxy) is 2. The molecule has 1 fully saturated rings. The van der Waals surface area contributed by atoms with E-state index in [4.69, 9.17) is 14.7 Å². The fraction of sp³-hybridized carbons (Fsp3) is 0.414. The van der Waals surface area contributed by atoms with Gasteiger partial charge in [-0.1, -0.05) is 25.7 Å². The lowest BCUT2D eigenvalue weighted by Crippen LogP contribution is -2.55. The van der Waals surface area contributed by atoms with Crippen molar-refractivity contribution in [3.8, 4) is 23.7 Å². The van der Waals surface area contributed by atoms with Gasteiger partial charge >= 0.3 is 5.97 Å². The van der Waals surface area contributed by atoms with Gasteiger partial charge in [-0.25, -0.2) is 0 Å². The second-order valence-corrected chi connectivity index (χ2v) is 11.5. The highest BCUT2D eigenvalue weighted by Crippen LogP contribution is 2.21. The summed E-state index contributed by atoms with van der Waals surface area (Å²) in [5, 5.41) is 20.6. The molecule has 1 aliphatic heterocycles. The number of piperazine rings is 1. The van der Waals surface area contributed by atoms with E-state index in [-0.39, 0.29) is 31.8 Å². The largest absolute Gasteiger partial charge is 0.490 e. The molecule has 3 rings (SSSR count). The molecule has 1 aliphatic rings. The molecule has 1 atom stereocenters. The average Bonchev–Trinajstić information content (AvgIpc) is 2.98. The Morgan fingerprint density at radius 2 is 1.67 bits per heavy atom. The molecule has 12 nitrogen and oxygen atoms in total. The van der Waals surface area contributed by atoms with Gasteiger partial charge in [0.2, 0.25) is 0 Å². The molecule has 1 saturated heterocycles. The zero-order valence-electron chi connectivity index (χ0n) is 23.8. The van der Waals surface area contributed by atoms with Gasteiger partial charge < -0.3 is 24.8 Å². The van der Waals surface area contributed by atoms with E-state index < -0.39 is 34.0 Å². The molecule has 0 aliphatic carbocycles. The number of hydrogen-bond acceptors (Lipinski definition) is 8. The summed E-state index contributed by atoms with van der Waals surface area (Å²) in [5.41, 5.74) is 2.51. The van der Waals surface area contributed by atoms with Crippen molar-refractivity contribution in [2.75, 3.05) is 57.9 Å². The molecule has 2 aromatic rings. The standard InChI is InChI=1S/C29H35N5O7S/c1-21(2)27(29(36)37)32-42(38,39)34-16-14-33(15-17-34)24-9-6-22(7-10-24)4-5-23-8-11-26(41-19-18-40-3)25(20-23)28(35)31-13-12-30/h6-11,20-21,27,32H,13-19H2,1-3H3,(H,31,35)(H,36,37). The van der Waals surface area contributed by atoms with Crippen molar-refractivity contribution < 1.29 is 32.6 Å². The smallest absolute Gasteiger partial charge is 0.322 e. The molecule has 42 heavy (non-hydrogen) atoms. The van der Waals surface area contributed by atoms with Crippen LogP contribution in [0.15, 0.2) is 42.5 Å². The van der Waals surface area contributed by atoms with E-state index in [1.807, 2.05) is 30.3 Å². The van der Waals surface area contributed by atoms with Gasteiger partial charge in [0.25, 0.3) is 16.1 Å². The molecule has 0 aromatic heterocycles. The number of rotatable bonds is 12. The minimum absolute atomic E-state index is 0.135. The molecule has 0 spiro atoms. The average molecular weight is 598 g/mol. The van der Waals surface area contributed by atoms with Crippen molar-refractivity contribution >= 4 is 27.8 Å². The third kappa shape index (κ3) is 8.93. The number of carbonyl (C=O) groups excluding carboxylic acids is 1. The normalized spacial score (nSPS) is 14.4. The number of amides is 1. The first kappa shape index (κ1) is 32.4. The summed E-state index contributed by atoms with van der Waals surface area (Å²) in [6.07, 6.45) is 0. The Bertz CT molecular complexity index is 1450. The number of nitrogens with one attached hydrogen (secondary N) is 2. The molecule has 0 saturated carbocycles. The van der Waals surface area contributed by atoms with E-state index in [1.165, 1.54) is 4.31 Å². The number of benzene rings is 2. The van der Waals surface area contributed by atoms with E-state index in [0.717, 1.165) is 11.3 Å². The summed E-state index contributed by atoms with van der Waals surface area (Å²) in [4.78, 5) is 26.0. The summed E-state index contributed by atoms with van der Waals surface area (Å²) in [6.45, 7) is 5.11. The Hall–Kier alpha value is -4.14. The number of aliphatic carboxylic acids is 1. The van der Waals surface area contributed by atoms with Crippen molar-refractivity contribution in [2.24, 2.45) is 5.92 Å². The number of carboxylic acid groups (broad SMARTS) is 1. The lowest BCUT2D eigenvalue weighted by atomic mass is 10.1. The third-order valence-electron chi connectivity index (χ3n) is 6.47. The number of nitrogens with zero attached hydrogens (tertiary/aromatic N) is 3. The Balaban J connectivity index is 1.65. The lowest BCUT2D eigenvalue weighted by molar-refractivity contribution is -0.140. The van der Waals surface area contributed by atoms with Gasteiger partial charge in [-0.05, 0) is 48.4 Å². The van der Waals surface area contributed by atoms with E-state index in [1.54, 1.807) is 39.2 Å². The van der Waals surface area contributed by atoms with Crippen molar-refractivity contribution in [1.29, 1.82) is 5.26 Å². The molecule has 1 unspecified atom stereocenters. The van der Waals surface area contributed by atoms with Crippen LogP contribution in [-0.4, -0.2) is 88.8 Å². The Morgan fingerprint density at radius 3 is 2.26 bits per heavy atom. The topological polar surface area (TPSA) is 161 Å². The quantitative estimate of drug-likeness (QED) is 0.187. The number of hydrogen-bond donors (Lipinski definition) is 3. The van der Waals surface area contributed by atoms with E-state index >= 15 is 0 Å². The monoisotopic (exact) mass is 597 g/mol. The minimum Gasteiger partial charge on any atom is -0.490 e. The van der Waals surface area contributed by atoms with Crippen molar-refractivity contribution in [3.05, 3.63) is 59.2 Å². The first-order chi connectivity index (χ1) is 20.1. The summed E-state index contributed by atoms with van der Waals surface area (Å²) in [6, 6.07) is 13.2. The fourth-order valence-corrected chi connectivity index (χ4v) is 5.64. The van der Waals surface area contributed by atoms with Crippen LogP contribution in [0.2, 0.25) is 0 Å².